The maximum atomic E-state index is 12.9. The highest BCUT2D eigenvalue weighted by atomic mass is 19.4. The molecule has 0 radical (unpaired) electrons. The van der Waals surface area contributed by atoms with Gasteiger partial charge in [-0.2, -0.15) is 13.2 Å². The summed E-state index contributed by atoms with van der Waals surface area (Å²) < 4.78 is 38.7. The van der Waals surface area contributed by atoms with Crippen LogP contribution in [-0.4, -0.2) is 11.1 Å². The number of hydrogen-bond acceptors (Lipinski definition) is 1. The van der Waals surface area contributed by atoms with Crippen molar-refractivity contribution in [3.05, 3.63) is 34.9 Å². The predicted molar refractivity (Wildman–Crippen MR) is 59.3 cm³/mol. The molecule has 2 nitrogen and oxygen atoms in total. The normalized spacial score (nSPS) is 17.6. The Labute approximate surface area is 102 Å². The molecule has 0 spiro atoms. The molecule has 2 rings (SSSR count). The Hall–Kier alpha value is -1.52. The second-order valence-corrected chi connectivity index (χ2v) is 4.74. The minimum Gasteiger partial charge on any atom is -0.481 e. The van der Waals surface area contributed by atoms with Gasteiger partial charge < -0.3 is 5.11 Å². The van der Waals surface area contributed by atoms with Crippen molar-refractivity contribution in [2.45, 2.75) is 31.9 Å². The number of rotatable bonds is 3. The largest absolute Gasteiger partial charge is 0.481 e. The van der Waals surface area contributed by atoms with Crippen molar-refractivity contribution in [2.24, 2.45) is 5.92 Å². The molecule has 1 unspecified atom stereocenters. The Morgan fingerprint density at radius 3 is 2.44 bits per heavy atom. The molecule has 1 aliphatic rings. The minimum absolute atomic E-state index is 0.0995. The standard InChI is InChI=1S/C13H13F3O2/c1-7-2-5-10(13(14,15)16)9(6-7)11(12(17)18)8-3-4-8/h2,5-6,8,11H,3-4H2,1H3,(H,17,18). The fraction of sp³-hybridized carbons (Fsp3) is 0.462. The van der Waals surface area contributed by atoms with Crippen molar-refractivity contribution >= 4 is 5.97 Å². The maximum Gasteiger partial charge on any atom is 0.416 e. The highest BCUT2D eigenvalue weighted by Gasteiger charge is 2.43. The summed E-state index contributed by atoms with van der Waals surface area (Å²) >= 11 is 0. The summed E-state index contributed by atoms with van der Waals surface area (Å²) in [5.41, 5.74) is -0.283. The zero-order chi connectivity index (χ0) is 13.5. The van der Waals surface area contributed by atoms with Gasteiger partial charge in [0.05, 0.1) is 11.5 Å². The van der Waals surface area contributed by atoms with E-state index >= 15 is 0 Å². The highest BCUT2D eigenvalue weighted by molar-refractivity contribution is 5.77. The van der Waals surface area contributed by atoms with Crippen molar-refractivity contribution in [3.63, 3.8) is 0 Å². The second-order valence-electron chi connectivity index (χ2n) is 4.74. The summed E-state index contributed by atoms with van der Waals surface area (Å²) in [7, 11) is 0. The average Bonchev–Trinajstić information content (AvgIpc) is 2.99. The molecule has 1 aromatic rings. The molecule has 0 saturated heterocycles. The number of benzene rings is 1. The van der Waals surface area contributed by atoms with Gasteiger partial charge in [-0.05, 0) is 37.3 Å². The van der Waals surface area contributed by atoms with E-state index in [0.29, 0.717) is 18.4 Å². The van der Waals surface area contributed by atoms with E-state index in [-0.39, 0.29) is 11.5 Å². The van der Waals surface area contributed by atoms with Crippen LogP contribution in [0.2, 0.25) is 0 Å². The lowest BCUT2D eigenvalue weighted by Crippen LogP contribution is -2.19. The average molecular weight is 258 g/mol. The van der Waals surface area contributed by atoms with E-state index in [1.165, 1.54) is 12.1 Å². The van der Waals surface area contributed by atoms with Crippen LogP contribution in [0.4, 0.5) is 13.2 Å². The summed E-state index contributed by atoms with van der Waals surface area (Å²) in [6.07, 6.45) is -3.14. The topological polar surface area (TPSA) is 37.3 Å². The molecule has 18 heavy (non-hydrogen) atoms. The molecule has 5 heteroatoms. The molecule has 0 bridgehead atoms. The van der Waals surface area contributed by atoms with E-state index in [1.54, 1.807) is 6.92 Å². The summed E-state index contributed by atoms with van der Waals surface area (Å²) in [4.78, 5) is 11.2. The number of alkyl halides is 3. The number of halogens is 3. The molecule has 1 N–H and O–H groups in total. The maximum absolute atomic E-state index is 12.9. The van der Waals surface area contributed by atoms with Crippen LogP contribution < -0.4 is 0 Å². The van der Waals surface area contributed by atoms with Gasteiger partial charge in [0.15, 0.2) is 0 Å². The fourth-order valence-electron chi connectivity index (χ4n) is 2.22. The smallest absolute Gasteiger partial charge is 0.416 e. The lowest BCUT2D eigenvalue weighted by atomic mass is 9.89. The second kappa shape index (κ2) is 4.30. The van der Waals surface area contributed by atoms with Gasteiger partial charge in [0.2, 0.25) is 0 Å². The Kier molecular flexibility index (Phi) is 3.09. The van der Waals surface area contributed by atoms with Crippen molar-refractivity contribution < 1.29 is 23.1 Å². The quantitative estimate of drug-likeness (QED) is 0.899. The monoisotopic (exact) mass is 258 g/mol. The van der Waals surface area contributed by atoms with Crippen LogP contribution in [0.25, 0.3) is 0 Å². The van der Waals surface area contributed by atoms with Crippen molar-refractivity contribution in [1.29, 1.82) is 0 Å². The molecule has 1 aliphatic carbocycles. The molecule has 0 aliphatic heterocycles. The minimum atomic E-state index is -4.51. The molecule has 1 saturated carbocycles. The van der Waals surface area contributed by atoms with Gasteiger partial charge in [-0.1, -0.05) is 17.7 Å². The van der Waals surface area contributed by atoms with E-state index < -0.39 is 23.6 Å². The Bertz CT molecular complexity index is 476. The summed E-state index contributed by atoms with van der Waals surface area (Å²) in [6, 6.07) is 3.68. The van der Waals surface area contributed by atoms with Gasteiger partial charge >= 0.3 is 12.1 Å². The Morgan fingerprint density at radius 2 is 2.00 bits per heavy atom. The first-order valence-corrected chi connectivity index (χ1v) is 5.71. The van der Waals surface area contributed by atoms with E-state index in [1.807, 2.05) is 0 Å². The first-order chi connectivity index (χ1) is 8.30. The Morgan fingerprint density at radius 1 is 1.39 bits per heavy atom. The molecule has 0 aromatic heterocycles. The SMILES string of the molecule is Cc1ccc(C(F)(F)F)c(C(C(=O)O)C2CC2)c1. The molecular weight excluding hydrogens is 245 g/mol. The van der Waals surface area contributed by atoms with Crippen LogP contribution in [0.1, 0.15) is 35.4 Å². The van der Waals surface area contributed by atoms with Gasteiger partial charge in [0.1, 0.15) is 0 Å². The zero-order valence-corrected chi connectivity index (χ0v) is 9.79. The molecule has 98 valence electrons. The number of hydrogen-bond donors (Lipinski definition) is 1. The first kappa shape index (κ1) is 12.9. The summed E-state index contributed by atoms with van der Waals surface area (Å²) in [6.45, 7) is 1.66. The summed E-state index contributed by atoms with van der Waals surface area (Å²) in [5, 5.41) is 9.15. The van der Waals surface area contributed by atoms with Gasteiger partial charge in [0.25, 0.3) is 0 Å². The predicted octanol–water partition coefficient (Wildman–Crippen LogP) is 3.59. The third-order valence-corrected chi connectivity index (χ3v) is 3.21. The third-order valence-electron chi connectivity index (χ3n) is 3.21. The van der Waals surface area contributed by atoms with Crippen molar-refractivity contribution in [3.8, 4) is 0 Å². The molecule has 0 amide bonds. The van der Waals surface area contributed by atoms with Gasteiger partial charge in [-0.3, -0.25) is 4.79 Å². The van der Waals surface area contributed by atoms with Crippen molar-refractivity contribution in [1.82, 2.24) is 0 Å². The highest BCUT2D eigenvalue weighted by Crippen LogP contribution is 2.46. The number of aryl methyl sites for hydroxylation is 1. The number of carboxylic acids is 1. The van der Waals surface area contributed by atoms with E-state index in [2.05, 4.69) is 0 Å². The van der Waals surface area contributed by atoms with Gasteiger partial charge in [-0.25, -0.2) is 0 Å². The van der Waals surface area contributed by atoms with Crippen LogP contribution in [0.5, 0.6) is 0 Å². The summed E-state index contributed by atoms with van der Waals surface area (Å²) in [5.74, 6) is -2.37. The molecule has 1 atom stereocenters. The lowest BCUT2D eigenvalue weighted by molar-refractivity contribution is -0.142. The number of carboxylic acid groups (broad SMARTS) is 1. The molecular formula is C13H13F3O2. The third kappa shape index (κ3) is 2.49. The van der Waals surface area contributed by atoms with Crippen LogP contribution in [0.15, 0.2) is 18.2 Å². The zero-order valence-electron chi connectivity index (χ0n) is 9.79. The lowest BCUT2D eigenvalue weighted by Gasteiger charge is -2.19. The van der Waals surface area contributed by atoms with Gasteiger partial charge in [0, 0.05) is 0 Å². The van der Waals surface area contributed by atoms with E-state index in [9.17, 15) is 18.0 Å². The Balaban J connectivity index is 2.53. The van der Waals surface area contributed by atoms with Crippen LogP contribution in [0.3, 0.4) is 0 Å². The first-order valence-electron chi connectivity index (χ1n) is 5.71. The van der Waals surface area contributed by atoms with E-state index in [4.69, 9.17) is 5.11 Å². The van der Waals surface area contributed by atoms with E-state index in [0.717, 1.165) is 6.07 Å². The molecule has 1 aromatic carbocycles. The molecule has 0 heterocycles. The number of aliphatic carboxylic acids is 1. The van der Waals surface area contributed by atoms with Gasteiger partial charge in [-0.15, -0.1) is 0 Å². The number of carbonyl (C=O) groups is 1. The van der Waals surface area contributed by atoms with Crippen LogP contribution in [-0.2, 0) is 11.0 Å². The van der Waals surface area contributed by atoms with Crippen molar-refractivity contribution in [2.75, 3.05) is 0 Å². The van der Waals surface area contributed by atoms with Crippen LogP contribution in [0, 0.1) is 12.8 Å². The molecule has 1 fully saturated rings. The fourth-order valence-corrected chi connectivity index (χ4v) is 2.22. The van der Waals surface area contributed by atoms with Crippen LogP contribution >= 0.6 is 0 Å².